The molecule has 15 heavy (non-hydrogen) atoms. The van der Waals surface area contributed by atoms with Crippen LogP contribution < -0.4 is 4.74 Å². The molecule has 1 aromatic heterocycles. The third-order valence-corrected chi connectivity index (χ3v) is 2.63. The SMILES string of the molecule is COCCOc1ncc(C#N)c(I)c1F. The third kappa shape index (κ3) is 3.00. The van der Waals surface area contributed by atoms with Gasteiger partial charge in [-0.2, -0.15) is 9.65 Å². The molecule has 1 aromatic rings. The molecule has 0 aromatic carbocycles. The van der Waals surface area contributed by atoms with Crippen molar-refractivity contribution in [3.63, 3.8) is 0 Å². The predicted octanol–water partition coefficient (Wildman–Crippen LogP) is 1.72. The number of halogens is 2. The molecule has 0 aliphatic rings. The summed E-state index contributed by atoms with van der Waals surface area (Å²) in [6.07, 6.45) is 1.28. The number of rotatable bonds is 4. The summed E-state index contributed by atoms with van der Waals surface area (Å²) < 4.78 is 23.5. The van der Waals surface area contributed by atoms with Crippen LogP contribution in [0.4, 0.5) is 4.39 Å². The number of hydrogen-bond donors (Lipinski definition) is 0. The Morgan fingerprint density at radius 1 is 1.60 bits per heavy atom. The number of nitriles is 1. The predicted molar refractivity (Wildman–Crippen MR) is 59.0 cm³/mol. The summed E-state index contributed by atoms with van der Waals surface area (Å²) >= 11 is 1.74. The second kappa shape index (κ2) is 5.82. The van der Waals surface area contributed by atoms with Crippen molar-refractivity contribution in [2.45, 2.75) is 0 Å². The van der Waals surface area contributed by atoms with Crippen molar-refractivity contribution in [3.8, 4) is 11.9 Å². The van der Waals surface area contributed by atoms with Gasteiger partial charge in [0.1, 0.15) is 12.7 Å². The number of methoxy groups -OCH3 is 1. The number of ether oxygens (including phenoxy) is 2. The van der Waals surface area contributed by atoms with Crippen molar-refractivity contribution < 1.29 is 13.9 Å². The maximum atomic E-state index is 13.5. The molecule has 0 spiro atoms. The molecule has 0 saturated heterocycles. The maximum Gasteiger partial charge on any atom is 0.251 e. The molecule has 0 aliphatic carbocycles. The summed E-state index contributed by atoms with van der Waals surface area (Å²) in [5.74, 6) is -0.707. The molecular weight excluding hydrogens is 314 g/mol. The van der Waals surface area contributed by atoms with Gasteiger partial charge in [0.2, 0.25) is 0 Å². The fraction of sp³-hybridized carbons (Fsp3) is 0.333. The quantitative estimate of drug-likeness (QED) is 0.626. The zero-order chi connectivity index (χ0) is 11.3. The van der Waals surface area contributed by atoms with Crippen LogP contribution in [0.25, 0.3) is 0 Å². The van der Waals surface area contributed by atoms with Gasteiger partial charge in [-0.05, 0) is 22.6 Å². The molecule has 0 N–H and O–H groups in total. The van der Waals surface area contributed by atoms with E-state index < -0.39 is 5.82 Å². The highest BCUT2D eigenvalue weighted by Crippen LogP contribution is 2.22. The lowest BCUT2D eigenvalue weighted by Crippen LogP contribution is -2.08. The lowest BCUT2D eigenvalue weighted by Gasteiger charge is -2.06. The highest BCUT2D eigenvalue weighted by Gasteiger charge is 2.13. The summed E-state index contributed by atoms with van der Waals surface area (Å²) in [6.45, 7) is 0.583. The smallest absolute Gasteiger partial charge is 0.251 e. The number of pyridine rings is 1. The van der Waals surface area contributed by atoms with Crippen LogP contribution in [0, 0.1) is 20.7 Å². The van der Waals surface area contributed by atoms with Gasteiger partial charge in [-0.3, -0.25) is 0 Å². The molecule has 0 atom stereocenters. The van der Waals surface area contributed by atoms with Crippen molar-refractivity contribution in [2.24, 2.45) is 0 Å². The largest absolute Gasteiger partial charge is 0.473 e. The van der Waals surface area contributed by atoms with Gasteiger partial charge in [-0.1, -0.05) is 0 Å². The summed E-state index contributed by atoms with van der Waals surface area (Å²) in [5, 5.41) is 8.63. The van der Waals surface area contributed by atoms with Crippen LogP contribution in [-0.4, -0.2) is 25.3 Å². The zero-order valence-electron chi connectivity index (χ0n) is 7.96. The summed E-state index contributed by atoms with van der Waals surface area (Å²) in [6, 6.07) is 1.84. The van der Waals surface area contributed by atoms with Crippen molar-refractivity contribution in [1.82, 2.24) is 4.98 Å². The van der Waals surface area contributed by atoms with Crippen LogP contribution >= 0.6 is 22.6 Å². The molecule has 1 rings (SSSR count). The van der Waals surface area contributed by atoms with E-state index in [0.29, 0.717) is 6.61 Å². The first-order chi connectivity index (χ1) is 7.20. The molecule has 0 unspecified atom stereocenters. The highest BCUT2D eigenvalue weighted by molar-refractivity contribution is 14.1. The van der Waals surface area contributed by atoms with Crippen molar-refractivity contribution in [3.05, 3.63) is 21.1 Å². The zero-order valence-corrected chi connectivity index (χ0v) is 10.1. The van der Waals surface area contributed by atoms with E-state index in [1.54, 1.807) is 22.6 Å². The minimum atomic E-state index is -0.606. The van der Waals surface area contributed by atoms with Gasteiger partial charge in [-0.15, -0.1) is 0 Å². The van der Waals surface area contributed by atoms with E-state index >= 15 is 0 Å². The first-order valence-electron chi connectivity index (χ1n) is 4.06. The van der Waals surface area contributed by atoms with E-state index in [0.717, 1.165) is 0 Å². The second-order valence-electron chi connectivity index (χ2n) is 2.56. The summed E-state index contributed by atoms with van der Waals surface area (Å²) in [4.78, 5) is 3.70. The van der Waals surface area contributed by atoms with Crippen LogP contribution in [0.15, 0.2) is 6.20 Å². The maximum absolute atomic E-state index is 13.5. The van der Waals surface area contributed by atoms with Gasteiger partial charge in [0.05, 0.1) is 15.7 Å². The van der Waals surface area contributed by atoms with Gasteiger partial charge in [-0.25, -0.2) is 4.98 Å². The monoisotopic (exact) mass is 322 g/mol. The topological polar surface area (TPSA) is 55.1 Å². The Morgan fingerprint density at radius 3 is 2.93 bits per heavy atom. The Morgan fingerprint density at radius 2 is 2.33 bits per heavy atom. The molecule has 0 amide bonds. The number of aromatic nitrogens is 1. The Hall–Kier alpha value is -0.940. The Kier molecular flexibility index (Phi) is 4.71. The number of hydrogen-bond acceptors (Lipinski definition) is 4. The van der Waals surface area contributed by atoms with Gasteiger partial charge < -0.3 is 9.47 Å². The second-order valence-corrected chi connectivity index (χ2v) is 3.64. The molecule has 6 heteroatoms. The fourth-order valence-corrected chi connectivity index (χ4v) is 1.34. The average molecular weight is 322 g/mol. The van der Waals surface area contributed by atoms with Crippen molar-refractivity contribution in [2.75, 3.05) is 20.3 Å². The van der Waals surface area contributed by atoms with Gasteiger partial charge in [0.15, 0.2) is 5.82 Å². The fourth-order valence-electron chi connectivity index (χ4n) is 0.849. The highest BCUT2D eigenvalue weighted by atomic mass is 127. The Labute approximate surface area is 100 Å². The van der Waals surface area contributed by atoms with Crippen LogP contribution in [0.2, 0.25) is 0 Å². The van der Waals surface area contributed by atoms with E-state index in [-0.39, 0.29) is 21.6 Å². The third-order valence-electron chi connectivity index (χ3n) is 1.57. The Balaban J connectivity index is 2.83. The molecule has 4 nitrogen and oxygen atoms in total. The van der Waals surface area contributed by atoms with E-state index in [1.165, 1.54) is 13.3 Å². The van der Waals surface area contributed by atoms with Crippen molar-refractivity contribution >= 4 is 22.6 Å². The first kappa shape index (κ1) is 12.1. The van der Waals surface area contributed by atoms with Crippen LogP contribution in [0.5, 0.6) is 5.88 Å². The van der Waals surface area contributed by atoms with E-state index in [1.807, 2.05) is 6.07 Å². The minimum absolute atomic E-state index is 0.101. The van der Waals surface area contributed by atoms with Gasteiger partial charge in [0.25, 0.3) is 5.88 Å². The molecule has 0 fully saturated rings. The standard InChI is InChI=1S/C9H8FIN2O2/c1-14-2-3-15-9-7(10)8(11)6(4-12)5-13-9/h5H,2-3H2,1H3. The molecule has 0 saturated carbocycles. The van der Waals surface area contributed by atoms with Crippen molar-refractivity contribution in [1.29, 1.82) is 5.26 Å². The Bertz CT molecular complexity index is 392. The summed E-state index contributed by atoms with van der Waals surface area (Å²) in [7, 11) is 1.52. The molecule has 1 heterocycles. The van der Waals surface area contributed by atoms with E-state index in [2.05, 4.69) is 4.98 Å². The van der Waals surface area contributed by atoms with Gasteiger partial charge in [0, 0.05) is 13.3 Å². The molecule has 0 radical (unpaired) electrons. The van der Waals surface area contributed by atoms with Crippen LogP contribution in [0.1, 0.15) is 5.56 Å². The molecule has 80 valence electrons. The molecular formula is C9H8FIN2O2. The average Bonchev–Trinajstić information content (AvgIpc) is 2.25. The molecule has 0 aliphatic heterocycles. The normalized spacial score (nSPS) is 9.73. The molecule has 0 bridgehead atoms. The van der Waals surface area contributed by atoms with Crippen LogP contribution in [0.3, 0.4) is 0 Å². The lowest BCUT2D eigenvalue weighted by atomic mass is 10.3. The van der Waals surface area contributed by atoms with Crippen LogP contribution in [-0.2, 0) is 4.74 Å². The number of nitrogens with zero attached hydrogens (tertiary/aromatic N) is 2. The van der Waals surface area contributed by atoms with E-state index in [4.69, 9.17) is 14.7 Å². The summed E-state index contributed by atoms with van der Waals surface area (Å²) in [5.41, 5.74) is 0.201. The lowest BCUT2D eigenvalue weighted by molar-refractivity contribution is 0.140. The van der Waals surface area contributed by atoms with E-state index in [9.17, 15) is 4.39 Å². The van der Waals surface area contributed by atoms with Gasteiger partial charge >= 0.3 is 0 Å². The first-order valence-corrected chi connectivity index (χ1v) is 5.14. The minimum Gasteiger partial charge on any atom is -0.473 e.